The molecule has 2 nitrogen and oxygen atoms in total. The van der Waals surface area contributed by atoms with Crippen LogP contribution < -0.4 is 5.32 Å². The van der Waals surface area contributed by atoms with Crippen molar-refractivity contribution < 1.29 is 0 Å². The summed E-state index contributed by atoms with van der Waals surface area (Å²) in [6, 6.07) is 9.41. The highest BCUT2D eigenvalue weighted by Gasteiger charge is 2.15. The number of aromatic nitrogens is 1. The van der Waals surface area contributed by atoms with Crippen LogP contribution in [0.15, 0.2) is 28.7 Å². The minimum absolute atomic E-state index is 0.728. The van der Waals surface area contributed by atoms with E-state index in [0.29, 0.717) is 0 Å². The maximum absolute atomic E-state index is 3.68. The molecular formula is C15H19BrN2. The average Bonchev–Trinajstić information content (AvgIpc) is 2.96. The lowest BCUT2D eigenvalue weighted by atomic mass is 10.2. The van der Waals surface area contributed by atoms with Gasteiger partial charge >= 0.3 is 0 Å². The van der Waals surface area contributed by atoms with Crippen LogP contribution in [0.4, 0.5) is 0 Å². The van der Waals surface area contributed by atoms with E-state index in [2.05, 4.69) is 57.1 Å². The van der Waals surface area contributed by atoms with Gasteiger partial charge in [-0.3, -0.25) is 0 Å². The molecule has 0 aliphatic heterocycles. The van der Waals surface area contributed by atoms with Gasteiger partial charge in [-0.1, -0.05) is 25.0 Å². The fourth-order valence-electron chi connectivity index (χ4n) is 2.97. The van der Waals surface area contributed by atoms with E-state index >= 15 is 0 Å². The number of benzene rings is 1. The smallest absolute Gasteiger partial charge is 0.0624 e. The van der Waals surface area contributed by atoms with Gasteiger partial charge in [-0.2, -0.15) is 0 Å². The van der Waals surface area contributed by atoms with Crippen molar-refractivity contribution >= 4 is 26.8 Å². The standard InChI is InChI=1S/C15H19BrN2/c1-18-13(10-17-12-6-2-3-7-12)9-11-5-4-8-14(16)15(11)18/h4-5,8-9,12,17H,2-3,6-7,10H2,1H3. The Morgan fingerprint density at radius 1 is 1.33 bits per heavy atom. The summed E-state index contributed by atoms with van der Waals surface area (Å²) in [4.78, 5) is 0. The number of nitrogens with zero attached hydrogens (tertiary/aromatic N) is 1. The minimum atomic E-state index is 0.728. The van der Waals surface area contributed by atoms with Crippen LogP contribution in [0.1, 0.15) is 31.4 Å². The van der Waals surface area contributed by atoms with Gasteiger partial charge < -0.3 is 9.88 Å². The molecule has 1 saturated carbocycles. The van der Waals surface area contributed by atoms with E-state index in [1.165, 1.54) is 46.8 Å². The molecule has 0 atom stereocenters. The van der Waals surface area contributed by atoms with Gasteiger partial charge in [-0.05, 0) is 40.9 Å². The summed E-state index contributed by atoms with van der Waals surface area (Å²) in [5.41, 5.74) is 2.66. The Labute approximate surface area is 116 Å². The summed E-state index contributed by atoms with van der Waals surface area (Å²) in [7, 11) is 2.15. The van der Waals surface area contributed by atoms with Crippen LogP contribution >= 0.6 is 15.9 Å². The molecule has 3 rings (SSSR count). The number of halogens is 1. The SMILES string of the molecule is Cn1c(CNC2CCCC2)cc2cccc(Br)c21. The summed E-state index contributed by atoms with van der Waals surface area (Å²) < 4.78 is 3.47. The Balaban J connectivity index is 1.83. The van der Waals surface area contributed by atoms with Crippen molar-refractivity contribution in [3.8, 4) is 0 Å². The molecule has 3 heteroatoms. The highest BCUT2D eigenvalue weighted by Crippen LogP contribution is 2.27. The third-order valence-corrected chi connectivity index (χ3v) is 4.67. The van der Waals surface area contributed by atoms with Gasteiger partial charge in [0.1, 0.15) is 0 Å². The van der Waals surface area contributed by atoms with Gasteiger partial charge in [-0.25, -0.2) is 0 Å². The molecule has 0 unspecified atom stereocenters. The summed E-state index contributed by atoms with van der Waals surface area (Å²) >= 11 is 3.64. The van der Waals surface area contributed by atoms with Crippen molar-refractivity contribution in [1.82, 2.24) is 9.88 Å². The number of hydrogen-bond donors (Lipinski definition) is 1. The van der Waals surface area contributed by atoms with E-state index in [4.69, 9.17) is 0 Å². The van der Waals surface area contributed by atoms with Gasteiger partial charge in [0, 0.05) is 35.2 Å². The molecule has 2 aromatic rings. The fraction of sp³-hybridized carbons (Fsp3) is 0.467. The molecule has 1 aliphatic carbocycles. The second-order valence-corrected chi connectivity index (χ2v) is 6.09. The molecule has 0 spiro atoms. The molecule has 1 aromatic carbocycles. The van der Waals surface area contributed by atoms with Crippen molar-refractivity contribution in [2.75, 3.05) is 0 Å². The zero-order valence-corrected chi connectivity index (χ0v) is 12.3. The number of aryl methyl sites for hydroxylation is 1. The van der Waals surface area contributed by atoms with Gasteiger partial charge in [0.25, 0.3) is 0 Å². The first-order valence-corrected chi connectivity index (χ1v) is 7.51. The molecule has 1 heterocycles. The maximum atomic E-state index is 3.68. The molecule has 18 heavy (non-hydrogen) atoms. The second kappa shape index (κ2) is 5.06. The number of fused-ring (bicyclic) bond motifs is 1. The highest BCUT2D eigenvalue weighted by atomic mass is 79.9. The summed E-state index contributed by atoms with van der Waals surface area (Å²) in [6.07, 6.45) is 5.46. The van der Waals surface area contributed by atoms with Crippen LogP contribution in [0.5, 0.6) is 0 Å². The Hall–Kier alpha value is -0.800. The predicted octanol–water partition coefficient (Wildman–Crippen LogP) is 3.97. The molecule has 0 radical (unpaired) electrons. The fourth-order valence-corrected chi connectivity index (χ4v) is 3.62. The van der Waals surface area contributed by atoms with Crippen molar-refractivity contribution in [1.29, 1.82) is 0 Å². The van der Waals surface area contributed by atoms with Crippen LogP contribution in [0.2, 0.25) is 0 Å². The topological polar surface area (TPSA) is 17.0 Å². The van der Waals surface area contributed by atoms with Crippen LogP contribution in [0.3, 0.4) is 0 Å². The Bertz CT molecular complexity index is 553. The third-order valence-electron chi connectivity index (χ3n) is 4.03. The summed E-state index contributed by atoms with van der Waals surface area (Å²) in [6.45, 7) is 0.974. The lowest BCUT2D eigenvalue weighted by Gasteiger charge is -2.12. The van der Waals surface area contributed by atoms with E-state index < -0.39 is 0 Å². The zero-order valence-electron chi connectivity index (χ0n) is 10.7. The third kappa shape index (κ3) is 2.21. The lowest BCUT2D eigenvalue weighted by molar-refractivity contribution is 0.514. The molecule has 0 amide bonds. The van der Waals surface area contributed by atoms with Gasteiger partial charge in [-0.15, -0.1) is 0 Å². The van der Waals surface area contributed by atoms with Crippen molar-refractivity contribution in [3.05, 3.63) is 34.4 Å². The number of rotatable bonds is 3. The first-order valence-electron chi connectivity index (χ1n) is 6.72. The molecule has 0 saturated heterocycles. The molecular weight excluding hydrogens is 288 g/mol. The number of nitrogens with one attached hydrogen (secondary N) is 1. The van der Waals surface area contributed by atoms with Crippen LogP contribution in [0, 0.1) is 0 Å². The second-order valence-electron chi connectivity index (χ2n) is 5.23. The highest BCUT2D eigenvalue weighted by molar-refractivity contribution is 9.10. The van der Waals surface area contributed by atoms with E-state index in [-0.39, 0.29) is 0 Å². The van der Waals surface area contributed by atoms with Gasteiger partial charge in [0.15, 0.2) is 0 Å². The van der Waals surface area contributed by atoms with E-state index in [0.717, 1.165) is 12.6 Å². The molecule has 1 aliphatic rings. The van der Waals surface area contributed by atoms with E-state index in [9.17, 15) is 0 Å². The lowest BCUT2D eigenvalue weighted by Crippen LogP contribution is -2.26. The van der Waals surface area contributed by atoms with Gasteiger partial charge in [0.05, 0.1) is 5.52 Å². The molecule has 1 fully saturated rings. The van der Waals surface area contributed by atoms with Gasteiger partial charge in [0.2, 0.25) is 0 Å². The van der Waals surface area contributed by atoms with E-state index in [1.54, 1.807) is 0 Å². The molecule has 0 bridgehead atoms. The maximum Gasteiger partial charge on any atom is 0.0624 e. The van der Waals surface area contributed by atoms with Crippen LogP contribution in [-0.4, -0.2) is 10.6 Å². The van der Waals surface area contributed by atoms with Crippen molar-refractivity contribution in [3.63, 3.8) is 0 Å². The monoisotopic (exact) mass is 306 g/mol. The molecule has 96 valence electrons. The van der Waals surface area contributed by atoms with Crippen molar-refractivity contribution in [2.24, 2.45) is 7.05 Å². The van der Waals surface area contributed by atoms with Crippen LogP contribution in [0.25, 0.3) is 10.9 Å². The first-order chi connectivity index (χ1) is 8.75. The van der Waals surface area contributed by atoms with Crippen molar-refractivity contribution in [2.45, 2.75) is 38.3 Å². The Morgan fingerprint density at radius 2 is 2.11 bits per heavy atom. The number of hydrogen-bond acceptors (Lipinski definition) is 1. The first kappa shape index (κ1) is 12.2. The molecule has 1 N–H and O–H groups in total. The zero-order chi connectivity index (χ0) is 12.5. The predicted molar refractivity (Wildman–Crippen MR) is 79.7 cm³/mol. The largest absolute Gasteiger partial charge is 0.346 e. The quantitative estimate of drug-likeness (QED) is 0.908. The summed E-state index contributed by atoms with van der Waals surface area (Å²) in [5.74, 6) is 0. The Morgan fingerprint density at radius 3 is 2.83 bits per heavy atom. The minimum Gasteiger partial charge on any atom is -0.346 e. The number of para-hydroxylation sites is 1. The average molecular weight is 307 g/mol. The summed E-state index contributed by atoms with van der Waals surface area (Å²) in [5, 5.41) is 5.00. The van der Waals surface area contributed by atoms with E-state index in [1.807, 2.05) is 0 Å². The van der Waals surface area contributed by atoms with Crippen LogP contribution in [-0.2, 0) is 13.6 Å². The molecule has 1 aromatic heterocycles. The Kier molecular flexibility index (Phi) is 3.44. The normalized spacial score (nSPS) is 16.8.